The topological polar surface area (TPSA) is 41.0 Å². The first-order chi connectivity index (χ1) is 4.93. The van der Waals surface area contributed by atoms with Crippen LogP contribution in [0.1, 0.15) is 5.82 Å². The average molecular weight is 135 g/mol. The van der Waals surface area contributed by atoms with Gasteiger partial charge >= 0.3 is 0 Å². The summed E-state index contributed by atoms with van der Waals surface area (Å²) >= 11 is 0. The zero-order valence-electron chi connectivity index (χ0n) is 5.62. The normalized spacial score (nSPS) is 10.4. The molecule has 0 aliphatic carbocycles. The zero-order valence-corrected chi connectivity index (χ0v) is 5.62. The number of hydrogen-bond donors (Lipinski definition) is 1. The van der Waals surface area contributed by atoms with Crippen molar-refractivity contribution < 1.29 is 0 Å². The van der Waals surface area contributed by atoms with E-state index in [4.69, 9.17) is 0 Å². The molecule has 0 fully saturated rings. The van der Waals surface area contributed by atoms with Gasteiger partial charge in [-0.3, -0.25) is 4.99 Å². The predicted molar refractivity (Wildman–Crippen MR) is 41.2 cm³/mol. The van der Waals surface area contributed by atoms with Gasteiger partial charge in [0, 0.05) is 12.4 Å². The van der Waals surface area contributed by atoms with E-state index in [9.17, 15) is 0 Å². The SMILES string of the molecule is C=CCN=Cc1ncc[nH]1. The highest BCUT2D eigenvalue weighted by Crippen LogP contribution is 1.81. The van der Waals surface area contributed by atoms with E-state index < -0.39 is 0 Å². The molecule has 0 aliphatic heterocycles. The molecule has 52 valence electrons. The number of aromatic amines is 1. The first kappa shape index (κ1) is 6.74. The van der Waals surface area contributed by atoms with Crippen molar-refractivity contribution in [1.29, 1.82) is 0 Å². The molecule has 0 radical (unpaired) electrons. The number of nitrogens with one attached hydrogen (secondary N) is 1. The summed E-state index contributed by atoms with van der Waals surface area (Å²) in [5, 5.41) is 0. The van der Waals surface area contributed by atoms with Crippen molar-refractivity contribution in [3.63, 3.8) is 0 Å². The summed E-state index contributed by atoms with van der Waals surface area (Å²) in [5.41, 5.74) is 0. The Bertz CT molecular complexity index is 211. The fourth-order valence-electron chi connectivity index (χ4n) is 0.562. The van der Waals surface area contributed by atoms with Gasteiger partial charge in [-0.25, -0.2) is 4.98 Å². The summed E-state index contributed by atoms with van der Waals surface area (Å²) < 4.78 is 0. The van der Waals surface area contributed by atoms with Crippen LogP contribution in [0.3, 0.4) is 0 Å². The molecule has 0 bridgehead atoms. The Morgan fingerprint density at radius 3 is 3.30 bits per heavy atom. The number of aromatic nitrogens is 2. The predicted octanol–water partition coefficient (Wildman–Crippen LogP) is 1.01. The van der Waals surface area contributed by atoms with E-state index in [2.05, 4.69) is 21.5 Å². The molecular formula is C7H9N3. The Kier molecular flexibility index (Phi) is 2.43. The van der Waals surface area contributed by atoms with E-state index in [1.54, 1.807) is 24.7 Å². The average Bonchev–Trinajstić information content (AvgIpc) is 2.41. The van der Waals surface area contributed by atoms with Crippen molar-refractivity contribution in [2.45, 2.75) is 0 Å². The lowest BCUT2D eigenvalue weighted by Gasteiger charge is -1.80. The fourth-order valence-corrected chi connectivity index (χ4v) is 0.562. The molecule has 0 aromatic carbocycles. The summed E-state index contributed by atoms with van der Waals surface area (Å²) in [6.07, 6.45) is 6.87. The van der Waals surface area contributed by atoms with Gasteiger partial charge in [-0.2, -0.15) is 0 Å². The zero-order chi connectivity index (χ0) is 7.23. The maximum atomic E-state index is 4.00. The van der Waals surface area contributed by atoms with Crippen LogP contribution in [0.2, 0.25) is 0 Å². The van der Waals surface area contributed by atoms with Gasteiger partial charge in [0.05, 0.1) is 12.8 Å². The van der Waals surface area contributed by atoms with E-state index in [0.29, 0.717) is 6.54 Å². The highest BCUT2D eigenvalue weighted by atomic mass is 14.9. The number of nitrogens with zero attached hydrogens (tertiary/aromatic N) is 2. The second-order valence-corrected chi connectivity index (χ2v) is 1.76. The van der Waals surface area contributed by atoms with Crippen LogP contribution >= 0.6 is 0 Å². The van der Waals surface area contributed by atoms with E-state index >= 15 is 0 Å². The maximum Gasteiger partial charge on any atom is 0.148 e. The molecular weight excluding hydrogens is 126 g/mol. The maximum absolute atomic E-state index is 4.00. The molecule has 1 heterocycles. The minimum Gasteiger partial charge on any atom is -0.344 e. The molecule has 0 amide bonds. The van der Waals surface area contributed by atoms with Gasteiger partial charge in [0.2, 0.25) is 0 Å². The Morgan fingerprint density at radius 2 is 2.70 bits per heavy atom. The van der Waals surface area contributed by atoms with Crippen LogP contribution in [0.4, 0.5) is 0 Å². The summed E-state index contributed by atoms with van der Waals surface area (Å²) in [7, 11) is 0. The van der Waals surface area contributed by atoms with Crippen LogP contribution in [0.5, 0.6) is 0 Å². The summed E-state index contributed by atoms with van der Waals surface area (Å²) in [6.45, 7) is 4.17. The van der Waals surface area contributed by atoms with Crippen LogP contribution < -0.4 is 0 Å². The lowest BCUT2D eigenvalue weighted by molar-refractivity contribution is 1.22. The molecule has 1 aromatic heterocycles. The fraction of sp³-hybridized carbons (Fsp3) is 0.143. The second-order valence-electron chi connectivity index (χ2n) is 1.76. The van der Waals surface area contributed by atoms with Crippen molar-refractivity contribution in [2.75, 3.05) is 6.54 Å². The van der Waals surface area contributed by atoms with Gasteiger partial charge < -0.3 is 4.98 Å². The molecule has 0 atom stereocenters. The highest BCUT2D eigenvalue weighted by molar-refractivity contribution is 5.74. The minimum absolute atomic E-state index is 0.640. The molecule has 1 N–H and O–H groups in total. The smallest absolute Gasteiger partial charge is 0.148 e. The third-order valence-electron chi connectivity index (χ3n) is 0.967. The Balaban J connectivity index is 2.47. The molecule has 3 heteroatoms. The molecule has 0 spiro atoms. The molecule has 0 saturated heterocycles. The van der Waals surface area contributed by atoms with Gasteiger partial charge in [-0.15, -0.1) is 6.58 Å². The van der Waals surface area contributed by atoms with E-state index in [-0.39, 0.29) is 0 Å². The van der Waals surface area contributed by atoms with Crippen LogP contribution in [-0.4, -0.2) is 22.7 Å². The van der Waals surface area contributed by atoms with E-state index in [0.717, 1.165) is 5.82 Å². The van der Waals surface area contributed by atoms with Crippen LogP contribution in [0.15, 0.2) is 30.0 Å². The van der Waals surface area contributed by atoms with Crippen LogP contribution in [-0.2, 0) is 0 Å². The minimum atomic E-state index is 0.640. The number of H-pyrrole nitrogens is 1. The molecule has 0 unspecified atom stereocenters. The molecule has 0 aliphatic rings. The Labute approximate surface area is 59.5 Å². The lowest BCUT2D eigenvalue weighted by Crippen LogP contribution is -1.83. The standard InChI is InChI=1S/C7H9N3/c1-2-3-8-6-7-9-4-5-10-7/h2,4-6H,1,3H2,(H,9,10). The molecule has 10 heavy (non-hydrogen) atoms. The summed E-state index contributed by atoms with van der Waals surface area (Å²) in [4.78, 5) is 10.8. The molecule has 3 nitrogen and oxygen atoms in total. The van der Waals surface area contributed by atoms with E-state index in [1.165, 1.54) is 0 Å². The third kappa shape index (κ3) is 1.85. The van der Waals surface area contributed by atoms with Crippen molar-refractivity contribution in [1.82, 2.24) is 9.97 Å². The first-order valence-corrected chi connectivity index (χ1v) is 3.03. The number of rotatable bonds is 3. The van der Waals surface area contributed by atoms with Gasteiger partial charge in [0.25, 0.3) is 0 Å². The van der Waals surface area contributed by atoms with Gasteiger partial charge in [0.15, 0.2) is 0 Å². The van der Waals surface area contributed by atoms with E-state index in [1.807, 2.05) is 0 Å². The second kappa shape index (κ2) is 3.61. The van der Waals surface area contributed by atoms with Crippen LogP contribution in [0, 0.1) is 0 Å². The largest absolute Gasteiger partial charge is 0.344 e. The van der Waals surface area contributed by atoms with Crippen LogP contribution in [0.25, 0.3) is 0 Å². The third-order valence-corrected chi connectivity index (χ3v) is 0.967. The van der Waals surface area contributed by atoms with Crippen molar-refractivity contribution >= 4 is 6.21 Å². The number of hydrogen-bond acceptors (Lipinski definition) is 2. The van der Waals surface area contributed by atoms with Crippen molar-refractivity contribution in [3.05, 3.63) is 30.9 Å². The molecule has 1 aromatic rings. The monoisotopic (exact) mass is 135 g/mol. The van der Waals surface area contributed by atoms with Gasteiger partial charge in [0.1, 0.15) is 5.82 Å². The number of imidazole rings is 1. The molecule has 0 saturated carbocycles. The van der Waals surface area contributed by atoms with Crippen molar-refractivity contribution in [3.8, 4) is 0 Å². The summed E-state index contributed by atoms with van der Waals surface area (Å²) in [6, 6.07) is 0. The van der Waals surface area contributed by atoms with Gasteiger partial charge in [-0.1, -0.05) is 6.08 Å². The number of aliphatic imine (C=N–C) groups is 1. The van der Waals surface area contributed by atoms with Gasteiger partial charge in [-0.05, 0) is 0 Å². The lowest BCUT2D eigenvalue weighted by atomic mass is 10.6. The Hall–Kier alpha value is -1.38. The highest BCUT2D eigenvalue weighted by Gasteiger charge is 1.83. The summed E-state index contributed by atoms with van der Waals surface area (Å²) in [5.74, 6) is 0.779. The first-order valence-electron chi connectivity index (χ1n) is 3.03. The Morgan fingerprint density at radius 1 is 1.80 bits per heavy atom. The quantitative estimate of drug-likeness (QED) is 0.487. The van der Waals surface area contributed by atoms with Crippen molar-refractivity contribution in [2.24, 2.45) is 4.99 Å². The molecule has 1 rings (SSSR count).